The molecule has 0 amide bonds. The predicted octanol–water partition coefficient (Wildman–Crippen LogP) is -3.59. The van der Waals surface area contributed by atoms with E-state index in [-0.39, 0.29) is 12.5 Å². The summed E-state index contributed by atoms with van der Waals surface area (Å²) in [5.74, 6) is -0.913. The second-order valence-electron chi connectivity index (χ2n) is 6.91. The summed E-state index contributed by atoms with van der Waals surface area (Å²) in [4.78, 5) is 0. The minimum atomic E-state index is -1.57. The van der Waals surface area contributed by atoms with Crippen LogP contribution in [0.15, 0.2) is 12.3 Å². The van der Waals surface area contributed by atoms with Crippen molar-refractivity contribution in [1.82, 2.24) is 0 Å². The predicted molar refractivity (Wildman–Crippen MR) is 76.5 cm³/mol. The fourth-order valence-corrected chi connectivity index (χ4v) is 4.17. The molecule has 1 saturated carbocycles. The van der Waals surface area contributed by atoms with Crippen LogP contribution in [-0.4, -0.2) is 98.7 Å². The van der Waals surface area contributed by atoms with Crippen LogP contribution in [0, 0.1) is 11.8 Å². The van der Waals surface area contributed by atoms with Crippen molar-refractivity contribution >= 4 is 0 Å². The lowest BCUT2D eigenvalue weighted by atomic mass is 9.85. The SMILES string of the molecule is OC[C@@H]1O[C@H](O[C@@H]2OC=C[C@@H]3[C@@H](O)[C@@H]4O[C@]4(CO)[C@@H]23)[C@@H](O)[C@H](O)[C@H]1O. The molecule has 3 heterocycles. The molecule has 0 unspecified atom stereocenters. The topological polar surface area (TPSA) is 162 Å². The molecule has 11 atom stereocenters. The number of aliphatic hydroxyl groups excluding tert-OH is 6. The Hall–Kier alpha value is -0.820. The van der Waals surface area contributed by atoms with E-state index < -0.39 is 67.3 Å². The molecule has 0 radical (unpaired) electrons. The van der Waals surface area contributed by atoms with E-state index in [1.807, 2.05) is 0 Å². The van der Waals surface area contributed by atoms with Crippen molar-refractivity contribution in [2.45, 2.75) is 54.8 Å². The Balaban J connectivity index is 1.53. The first kappa shape index (κ1) is 17.6. The first-order valence-corrected chi connectivity index (χ1v) is 8.19. The third-order valence-electron chi connectivity index (χ3n) is 5.62. The number of epoxide rings is 1. The average molecular weight is 362 g/mol. The molecule has 6 N–H and O–H groups in total. The van der Waals surface area contributed by atoms with Gasteiger partial charge in [0.1, 0.15) is 36.1 Å². The quantitative estimate of drug-likeness (QED) is 0.276. The first-order chi connectivity index (χ1) is 11.9. The molecule has 3 aliphatic heterocycles. The second kappa shape index (κ2) is 6.12. The van der Waals surface area contributed by atoms with Crippen LogP contribution in [0.25, 0.3) is 0 Å². The summed E-state index contributed by atoms with van der Waals surface area (Å²) in [5.41, 5.74) is -0.992. The highest BCUT2D eigenvalue weighted by Crippen LogP contribution is 2.59. The average Bonchev–Trinajstić information content (AvgIpc) is 3.31. The fourth-order valence-electron chi connectivity index (χ4n) is 4.17. The largest absolute Gasteiger partial charge is 0.472 e. The van der Waals surface area contributed by atoms with Crippen molar-refractivity contribution in [3.8, 4) is 0 Å². The van der Waals surface area contributed by atoms with Crippen LogP contribution in [0.1, 0.15) is 0 Å². The lowest BCUT2D eigenvalue weighted by molar-refractivity contribution is -0.344. The molecule has 0 aromatic heterocycles. The van der Waals surface area contributed by atoms with Crippen molar-refractivity contribution in [1.29, 1.82) is 0 Å². The number of aliphatic hydroxyl groups is 6. The van der Waals surface area contributed by atoms with Gasteiger partial charge in [-0.15, -0.1) is 0 Å². The van der Waals surface area contributed by atoms with E-state index in [2.05, 4.69) is 0 Å². The molecular weight excluding hydrogens is 340 g/mol. The van der Waals surface area contributed by atoms with Crippen LogP contribution in [0.4, 0.5) is 0 Å². The van der Waals surface area contributed by atoms with Gasteiger partial charge in [0.15, 0.2) is 6.29 Å². The zero-order chi connectivity index (χ0) is 17.9. The minimum absolute atomic E-state index is 0.332. The van der Waals surface area contributed by atoms with Crippen molar-refractivity contribution in [2.24, 2.45) is 11.8 Å². The van der Waals surface area contributed by atoms with Crippen LogP contribution in [0.5, 0.6) is 0 Å². The molecule has 4 rings (SSSR count). The molecular formula is C15H22O10. The summed E-state index contributed by atoms with van der Waals surface area (Å²) in [6.45, 7) is -0.908. The molecule has 1 aliphatic carbocycles. The molecule has 0 aromatic carbocycles. The van der Waals surface area contributed by atoms with Crippen LogP contribution in [-0.2, 0) is 18.9 Å². The third-order valence-corrected chi connectivity index (χ3v) is 5.62. The van der Waals surface area contributed by atoms with E-state index in [1.54, 1.807) is 6.08 Å². The second-order valence-corrected chi connectivity index (χ2v) is 6.91. The molecule has 10 heteroatoms. The van der Waals surface area contributed by atoms with E-state index in [0.29, 0.717) is 0 Å². The zero-order valence-corrected chi connectivity index (χ0v) is 13.2. The third kappa shape index (κ3) is 2.45. The number of rotatable bonds is 4. The smallest absolute Gasteiger partial charge is 0.208 e. The Kier molecular flexibility index (Phi) is 4.30. The highest BCUT2D eigenvalue weighted by molar-refractivity contribution is 5.24. The Morgan fingerprint density at radius 3 is 2.40 bits per heavy atom. The van der Waals surface area contributed by atoms with Gasteiger partial charge in [-0.1, -0.05) is 0 Å². The molecule has 0 spiro atoms. The summed E-state index contributed by atoms with van der Waals surface area (Å²) in [6.07, 6.45) is -6.47. The Morgan fingerprint density at radius 2 is 1.72 bits per heavy atom. The molecule has 3 fully saturated rings. The van der Waals surface area contributed by atoms with E-state index in [4.69, 9.17) is 18.9 Å². The van der Waals surface area contributed by atoms with Crippen molar-refractivity contribution in [3.05, 3.63) is 12.3 Å². The summed E-state index contributed by atoms with van der Waals surface area (Å²) in [6, 6.07) is 0. The Labute approximate surface area is 142 Å². The standard InChI is InChI=1S/C15H22O10/c16-3-6-9(19)10(20)11(21)14(23-6)24-13-7-5(1-2-22-13)8(18)12-15(7,4-17)25-12/h1-2,5-14,16-21H,3-4H2/t5-,6-,7+,8+,9-,10+,11-,12-,13-,14+,15+/m0/s1. The van der Waals surface area contributed by atoms with Crippen molar-refractivity contribution < 1.29 is 49.6 Å². The van der Waals surface area contributed by atoms with Gasteiger partial charge in [0.2, 0.25) is 6.29 Å². The zero-order valence-electron chi connectivity index (χ0n) is 13.2. The van der Waals surface area contributed by atoms with Gasteiger partial charge in [-0.05, 0) is 6.08 Å². The monoisotopic (exact) mass is 362 g/mol. The van der Waals surface area contributed by atoms with Gasteiger partial charge >= 0.3 is 0 Å². The number of hydrogen-bond donors (Lipinski definition) is 6. The van der Waals surface area contributed by atoms with Gasteiger partial charge in [-0.2, -0.15) is 0 Å². The van der Waals surface area contributed by atoms with E-state index >= 15 is 0 Å². The first-order valence-electron chi connectivity index (χ1n) is 8.19. The van der Waals surface area contributed by atoms with Crippen molar-refractivity contribution in [3.63, 3.8) is 0 Å². The van der Waals surface area contributed by atoms with Gasteiger partial charge in [0.25, 0.3) is 0 Å². The van der Waals surface area contributed by atoms with E-state index in [1.165, 1.54) is 6.26 Å². The lowest BCUT2D eigenvalue weighted by Crippen LogP contribution is -2.60. The van der Waals surface area contributed by atoms with Crippen LogP contribution in [0.2, 0.25) is 0 Å². The fraction of sp³-hybridized carbons (Fsp3) is 0.867. The minimum Gasteiger partial charge on any atom is -0.472 e. The Bertz CT molecular complexity index is 540. The molecule has 25 heavy (non-hydrogen) atoms. The van der Waals surface area contributed by atoms with Gasteiger partial charge < -0.3 is 49.6 Å². The molecule has 0 aromatic rings. The summed E-state index contributed by atoms with van der Waals surface area (Å²) < 4.78 is 21.9. The number of ether oxygens (including phenoxy) is 4. The summed E-state index contributed by atoms with van der Waals surface area (Å²) >= 11 is 0. The highest BCUT2D eigenvalue weighted by Gasteiger charge is 2.75. The van der Waals surface area contributed by atoms with Gasteiger partial charge in [0, 0.05) is 5.92 Å². The molecule has 142 valence electrons. The highest BCUT2D eigenvalue weighted by atomic mass is 16.8. The molecule has 4 aliphatic rings. The summed E-state index contributed by atoms with van der Waals surface area (Å²) in [5, 5.41) is 59.0. The van der Waals surface area contributed by atoms with Gasteiger partial charge in [0.05, 0.1) is 31.5 Å². The number of fused-ring (bicyclic) bond motifs is 3. The van der Waals surface area contributed by atoms with E-state index in [9.17, 15) is 30.6 Å². The molecule has 10 nitrogen and oxygen atoms in total. The maximum absolute atomic E-state index is 10.3. The van der Waals surface area contributed by atoms with Crippen LogP contribution in [0.3, 0.4) is 0 Å². The normalized spacial score (nSPS) is 56.9. The lowest BCUT2D eigenvalue weighted by Gasteiger charge is -2.43. The van der Waals surface area contributed by atoms with Gasteiger partial charge in [-0.3, -0.25) is 0 Å². The van der Waals surface area contributed by atoms with Gasteiger partial charge in [-0.25, -0.2) is 0 Å². The molecule has 0 bridgehead atoms. The van der Waals surface area contributed by atoms with E-state index in [0.717, 1.165) is 0 Å². The molecule has 2 saturated heterocycles. The van der Waals surface area contributed by atoms with Crippen LogP contribution < -0.4 is 0 Å². The van der Waals surface area contributed by atoms with Crippen molar-refractivity contribution in [2.75, 3.05) is 13.2 Å². The van der Waals surface area contributed by atoms with Crippen LogP contribution >= 0.6 is 0 Å². The maximum Gasteiger partial charge on any atom is 0.208 e. The Morgan fingerprint density at radius 1 is 0.960 bits per heavy atom. The number of hydrogen-bond acceptors (Lipinski definition) is 10. The maximum atomic E-state index is 10.3. The summed E-state index contributed by atoms with van der Waals surface area (Å²) in [7, 11) is 0.